The van der Waals surface area contributed by atoms with Gasteiger partial charge in [-0.1, -0.05) is 12.1 Å². The van der Waals surface area contributed by atoms with Crippen molar-refractivity contribution in [2.75, 3.05) is 27.2 Å². The quantitative estimate of drug-likeness (QED) is 0.271. The maximum Gasteiger partial charge on any atom is 0.339 e. The summed E-state index contributed by atoms with van der Waals surface area (Å²) in [7, 11) is 1.14. The van der Waals surface area contributed by atoms with Crippen LogP contribution in [-0.2, 0) is 15.5 Å². The van der Waals surface area contributed by atoms with Gasteiger partial charge in [-0.05, 0) is 42.5 Å². The Morgan fingerprint density at radius 1 is 1.09 bits per heavy atom. The van der Waals surface area contributed by atoms with Gasteiger partial charge < -0.3 is 24.2 Å². The number of halogens is 2. The number of aromatic hydroxyl groups is 1. The number of aromatic nitrogens is 1. The van der Waals surface area contributed by atoms with E-state index in [1.165, 1.54) is 49.6 Å². The molecule has 1 aromatic heterocycles. The van der Waals surface area contributed by atoms with E-state index in [1.807, 2.05) is 6.07 Å². The number of benzene rings is 3. The van der Waals surface area contributed by atoms with E-state index in [9.17, 15) is 18.5 Å². The van der Waals surface area contributed by atoms with Crippen molar-refractivity contribution in [3.63, 3.8) is 0 Å². The van der Waals surface area contributed by atoms with Gasteiger partial charge in [0.25, 0.3) is 5.88 Å². The third-order valence-corrected chi connectivity index (χ3v) is 7.80. The zero-order valence-corrected chi connectivity index (χ0v) is 23.5. The standard InChI is InChI=1S/C30H22F2N4O6S/c1-36-12-11-34-28(36)20-14-18(43(39)25-6-4-3-5-19(25)30(38)40-2)8-10-23(20)41-27-21(31)16-35-29(26(27)32)42-24-13-17(15-33)7-9-22(24)37/h3-10,13-14,16,37H,11-12H2,1-2H3. The van der Waals surface area contributed by atoms with E-state index in [1.54, 1.807) is 30.1 Å². The van der Waals surface area contributed by atoms with Crippen molar-refractivity contribution in [3.8, 4) is 34.9 Å². The molecule has 13 heteroatoms. The maximum atomic E-state index is 15.6. The van der Waals surface area contributed by atoms with Gasteiger partial charge in [-0.2, -0.15) is 9.65 Å². The van der Waals surface area contributed by atoms with Gasteiger partial charge in [0.2, 0.25) is 11.6 Å². The van der Waals surface area contributed by atoms with Crippen LogP contribution in [0.25, 0.3) is 0 Å². The van der Waals surface area contributed by atoms with Gasteiger partial charge in [0.1, 0.15) is 11.6 Å². The third kappa shape index (κ3) is 5.86. The van der Waals surface area contributed by atoms with Crippen molar-refractivity contribution in [2.45, 2.75) is 9.79 Å². The number of carbonyl (C=O) groups is 1. The number of ether oxygens (including phenoxy) is 3. The summed E-state index contributed by atoms with van der Waals surface area (Å²) in [4.78, 5) is 22.7. The van der Waals surface area contributed by atoms with Crippen LogP contribution in [0.1, 0.15) is 21.5 Å². The van der Waals surface area contributed by atoms with Crippen LogP contribution in [0.15, 0.2) is 81.6 Å². The molecule has 0 amide bonds. The number of carbonyl (C=O) groups excluding carboxylic acids is 1. The van der Waals surface area contributed by atoms with Crippen LogP contribution in [0, 0.1) is 23.0 Å². The lowest BCUT2D eigenvalue weighted by Gasteiger charge is -2.19. The van der Waals surface area contributed by atoms with Crippen LogP contribution in [0.3, 0.4) is 0 Å². The van der Waals surface area contributed by atoms with Crippen LogP contribution in [0.2, 0.25) is 0 Å². The van der Waals surface area contributed by atoms with Gasteiger partial charge in [0.15, 0.2) is 17.3 Å². The maximum absolute atomic E-state index is 15.6. The number of nitrogens with zero attached hydrogens (tertiary/aromatic N) is 4. The largest absolute Gasteiger partial charge is 0.504 e. The molecular weight excluding hydrogens is 582 g/mol. The highest BCUT2D eigenvalue weighted by Gasteiger charge is 2.26. The number of esters is 1. The second-order valence-corrected chi connectivity index (χ2v) is 10.5. The molecule has 5 rings (SSSR count). The summed E-state index contributed by atoms with van der Waals surface area (Å²) in [5.74, 6) is -4.93. The Hall–Kier alpha value is -5.35. The normalized spacial score (nSPS) is 13.2. The Kier molecular flexibility index (Phi) is 8.31. The highest BCUT2D eigenvalue weighted by atomic mass is 32.2. The van der Waals surface area contributed by atoms with Crippen molar-refractivity contribution in [1.82, 2.24) is 9.88 Å². The van der Waals surface area contributed by atoms with E-state index in [2.05, 4.69) is 9.98 Å². The van der Waals surface area contributed by atoms with Crippen molar-refractivity contribution < 1.29 is 37.1 Å². The summed E-state index contributed by atoms with van der Waals surface area (Å²) in [6.45, 7) is 1.01. The summed E-state index contributed by atoms with van der Waals surface area (Å²) in [5, 5.41) is 19.2. The molecule has 1 aliphatic heterocycles. The third-order valence-electron chi connectivity index (χ3n) is 6.36. The van der Waals surface area contributed by atoms with Crippen LogP contribution >= 0.6 is 0 Å². The minimum atomic E-state index is -1.85. The highest BCUT2D eigenvalue weighted by Crippen LogP contribution is 2.38. The van der Waals surface area contributed by atoms with Crippen molar-refractivity contribution in [3.05, 3.63) is 95.2 Å². The fourth-order valence-corrected chi connectivity index (χ4v) is 5.45. The zero-order chi connectivity index (χ0) is 30.7. The molecule has 0 bridgehead atoms. The fraction of sp³-hybridized carbons (Fsp3) is 0.133. The van der Waals surface area contributed by atoms with E-state index >= 15 is 4.39 Å². The number of phenols is 1. The first-order chi connectivity index (χ1) is 20.7. The van der Waals surface area contributed by atoms with Crippen LogP contribution in [0.5, 0.6) is 28.9 Å². The molecule has 3 aromatic carbocycles. The molecule has 218 valence electrons. The van der Waals surface area contributed by atoms with E-state index in [-0.39, 0.29) is 32.4 Å². The number of methoxy groups -OCH3 is 1. The van der Waals surface area contributed by atoms with E-state index in [0.717, 1.165) is 0 Å². The number of rotatable bonds is 8. The lowest BCUT2D eigenvalue weighted by molar-refractivity contribution is 0.0596. The van der Waals surface area contributed by atoms with Gasteiger partial charge in [-0.15, -0.1) is 0 Å². The second-order valence-electron chi connectivity index (χ2n) is 9.09. The summed E-state index contributed by atoms with van der Waals surface area (Å²) >= 11 is 0. The molecule has 0 fully saturated rings. The Morgan fingerprint density at radius 2 is 1.88 bits per heavy atom. The Bertz CT molecular complexity index is 1840. The molecule has 0 saturated carbocycles. The lowest BCUT2D eigenvalue weighted by Crippen LogP contribution is -2.24. The molecule has 1 unspecified atom stereocenters. The molecule has 43 heavy (non-hydrogen) atoms. The van der Waals surface area contributed by atoms with Crippen LogP contribution in [0.4, 0.5) is 8.78 Å². The number of hydrogen-bond acceptors (Lipinski definition) is 10. The monoisotopic (exact) mass is 604 g/mol. The fourth-order valence-electron chi connectivity index (χ4n) is 4.22. The van der Waals surface area contributed by atoms with Gasteiger partial charge in [0, 0.05) is 24.6 Å². The highest BCUT2D eigenvalue weighted by molar-refractivity contribution is 7.85. The average Bonchev–Trinajstić information content (AvgIpc) is 3.46. The number of phenolic OH excluding ortho intramolecular Hbond substituents is 1. The van der Waals surface area contributed by atoms with E-state index < -0.39 is 45.8 Å². The Labute approximate surface area is 246 Å². The van der Waals surface area contributed by atoms with Crippen molar-refractivity contribution >= 4 is 22.6 Å². The number of aliphatic imine (C=N–C) groups is 1. The number of amidine groups is 1. The van der Waals surface area contributed by atoms with E-state index in [4.69, 9.17) is 19.5 Å². The molecule has 10 nitrogen and oxygen atoms in total. The predicted molar refractivity (Wildman–Crippen MR) is 150 cm³/mol. The van der Waals surface area contributed by atoms with Crippen molar-refractivity contribution in [2.24, 2.45) is 4.99 Å². The van der Waals surface area contributed by atoms with Crippen LogP contribution < -0.4 is 9.47 Å². The SMILES string of the molecule is COC(=O)c1ccccc1S(=O)c1ccc(Oc2c(F)cnc(Oc3cc(C#N)ccc3O)c2F)c(C2=NCCN2C)c1. The number of hydrogen-bond donors (Lipinski definition) is 1. The van der Waals surface area contributed by atoms with Gasteiger partial charge in [-0.3, -0.25) is 4.99 Å². The Balaban J connectivity index is 1.55. The van der Waals surface area contributed by atoms with E-state index in [0.29, 0.717) is 30.7 Å². The molecule has 1 atom stereocenters. The number of likely N-dealkylation sites (N-methyl/N-ethyl adjacent to an activating group) is 1. The minimum absolute atomic E-state index is 0.0150. The first kappa shape index (κ1) is 29.2. The molecule has 2 heterocycles. The number of pyridine rings is 1. The van der Waals surface area contributed by atoms with Gasteiger partial charge in [0.05, 0.1) is 58.3 Å². The summed E-state index contributed by atoms with van der Waals surface area (Å²) in [5.41, 5.74) is 0.545. The first-order valence-corrected chi connectivity index (χ1v) is 13.8. The molecule has 4 aromatic rings. The molecular formula is C30H22F2N4O6S. The molecule has 1 N–H and O–H groups in total. The summed E-state index contributed by atoms with van der Waals surface area (Å²) in [6, 6.07) is 16.2. The van der Waals surface area contributed by atoms with Gasteiger partial charge in [-0.25, -0.2) is 18.4 Å². The smallest absolute Gasteiger partial charge is 0.339 e. The molecule has 0 aliphatic carbocycles. The lowest BCUT2D eigenvalue weighted by atomic mass is 10.1. The van der Waals surface area contributed by atoms with Crippen LogP contribution in [-0.4, -0.2) is 58.3 Å². The average molecular weight is 605 g/mol. The molecule has 0 spiro atoms. The molecule has 1 aliphatic rings. The molecule has 0 radical (unpaired) electrons. The second kappa shape index (κ2) is 12.3. The minimum Gasteiger partial charge on any atom is -0.504 e. The Morgan fingerprint density at radius 3 is 2.60 bits per heavy atom. The van der Waals surface area contributed by atoms with Crippen molar-refractivity contribution in [1.29, 1.82) is 5.26 Å². The predicted octanol–water partition coefficient (Wildman–Crippen LogP) is 5.17. The summed E-state index contributed by atoms with van der Waals surface area (Å²) < 4.78 is 60.0. The molecule has 0 saturated heterocycles. The summed E-state index contributed by atoms with van der Waals surface area (Å²) in [6.07, 6.45) is 0.686. The first-order valence-electron chi connectivity index (χ1n) is 12.6. The topological polar surface area (TPSA) is 134 Å². The van der Waals surface area contributed by atoms with Gasteiger partial charge >= 0.3 is 5.97 Å². The zero-order valence-electron chi connectivity index (χ0n) is 22.7. The number of nitriles is 1.